The standard InChI is InChI=1S/C4H12N4O2S/c1-6-4(8(2)3)7-11(5,9)10/h1-3H3,(H,6,7)(H2,5,9,10). The minimum Gasteiger partial charge on any atom is -0.348 e. The number of nitrogens with zero attached hydrogens (tertiary/aromatic N) is 2. The summed E-state index contributed by atoms with van der Waals surface area (Å²) in [6.45, 7) is 0. The molecule has 0 aliphatic carbocycles. The van der Waals surface area contributed by atoms with Gasteiger partial charge in [0.15, 0.2) is 0 Å². The van der Waals surface area contributed by atoms with E-state index < -0.39 is 10.2 Å². The molecule has 3 N–H and O–H groups in total. The lowest BCUT2D eigenvalue weighted by molar-refractivity contribution is 0.575. The fourth-order valence-corrected chi connectivity index (χ4v) is 0.993. The zero-order chi connectivity index (χ0) is 9.07. The van der Waals surface area contributed by atoms with Gasteiger partial charge in [0.25, 0.3) is 10.2 Å². The molecule has 0 amide bonds. The lowest BCUT2D eigenvalue weighted by Crippen LogP contribution is -2.43. The van der Waals surface area contributed by atoms with Crippen LogP contribution < -0.4 is 9.86 Å². The lowest BCUT2D eigenvalue weighted by atomic mass is 10.8. The molecule has 0 atom stereocenters. The van der Waals surface area contributed by atoms with E-state index in [0.717, 1.165) is 0 Å². The van der Waals surface area contributed by atoms with E-state index in [-0.39, 0.29) is 5.96 Å². The number of hydrogen-bond donors (Lipinski definition) is 2. The molecule has 0 radical (unpaired) electrons. The number of nitrogens with two attached hydrogens (primary N) is 1. The van der Waals surface area contributed by atoms with Crippen LogP contribution in [0.15, 0.2) is 4.99 Å². The second-order valence-electron chi connectivity index (χ2n) is 2.09. The fraction of sp³-hybridized carbons (Fsp3) is 0.750. The Kier molecular flexibility index (Phi) is 3.27. The van der Waals surface area contributed by atoms with Crippen molar-refractivity contribution in [2.45, 2.75) is 0 Å². The average molecular weight is 180 g/mol. The molecule has 0 heterocycles. The molecule has 6 nitrogen and oxygen atoms in total. The summed E-state index contributed by atoms with van der Waals surface area (Å²) in [5, 5.41) is 4.70. The van der Waals surface area contributed by atoms with E-state index in [1.165, 1.54) is 11.9 Å². The van der Waals surface area contributed by atoms with Crippen LogP contribution in [-0.2, 0) is 10.2 Å². The molecule has 11 heavy (non-hydrogen) atoms. The van der Waals surface area contributed by atoms with Crippen LogP contribution in [0.5, 0.6) is 0 Å². The normalized spacial score (nSPS) is 12.9. The summed E-state index contributed by atoms with van der Waals surface area (Å²) in [7, 11) is 1.07. The zero-order valence-corrected chi connectivity index (χ0v) is 7.51. The van der Waals surface area contributed by atoms with Gasteiger partial charge in [-0.25, -0.2) is 9.86 Å². The van der Waals surface area contributed by atoms with Crippen molar-refractivity contribution in [1.82, 2.24) is 9.62 Å². The number of guanidine groups is 1. The summed E-state index contributed by atoms with van der Waals surface area (Å²) in [5.74, 6) is 0.201. The molecule has 0 spiro atoms. The second-order valence-corrected chi connectivity index (χ2v) is 3.38. The Morgan fingerprint density at radius 2 is 2.00 bits per heavy atom. The molecule has 0 unspecified atom stereocenters. The number of aliphatic imine (C=N–C) groups is 1. The van der Waals surface area contributed by atoms with Crippen molar-refractivity contribution in [1.29, 1.82) is 0 Å². The van der Waals surface area contributed by atoms with Crippen molar-refractivity contribution in [2.75, 3.05) is 21.1 Å². The van der Waals surface area contributed by atoms with Crippen LogP contribution >= 0.6 is 0 Å². The summed E-state index contributed by atoms with van der Waals surface area (Å²) in [5.41, 5.74) is 0. The maximum absolute atomic E-state index is 10.5. The van der Waals surface area contributed by atoms with Gasteiger partial charge in [-0.05, 0) is 0 Å². The molecule has 0 aliphatic rings. The molecule has 0 rings (SSSR count). The van der Waals surface area contributed by atoms with Crippen molar-refractivity contribution < 1.29 is 8.42 Å². The highest BCUT2D eigenvalue weighted by Crippen LogP contribution is 1.79. The maximum atomic E-state index is 10.5. The van der Waals surface area contributed by atoms with Crippen molar-refractivity contribution in [3.05, 3.63) is 0 Å². The highest BCUT2D eigenvalue weighted by atomic mass is 32.2. The summed E-state index contributed by atoms with van der Waals surface area (Å²) < 4.78 is 23.0. The van der Waals surface area contributed by atoms with Crippen LogP contribution in [0.4, 0.5) is 0 Å². The van der Waals surface area contributed by atoms with E-state index in [0.29, 0.717) is 0 Å². The van der Waals surface area contributed by atoms with E-state index >= 15 is 0 Å². The molecule has 0 fully saturated rings. The van der Waals surface area contributed by atoms with Crippen LogP contribution in [0.3, 0.4) is 0 Å². The molecular weight excluding hydrogens is 168 g/mol. The van der Waals surface area contributed by atoms with Crippen molar-refractivity contribution in [3.63, 3.8) is 0 Å². The third-order valence-corrected chi connectivity index (χ3v) is 1.34. The van der Waals surface area contributed by atoms with Gasteiger partial charge in [0.05, 0.1) is 0 Å². The van der Waals surface area contributed by atoms with Crippen molar-refractivity contribution in [2.24, 2.45) is 10.1 Å². The fourth-order valence-electron chi connectivity index (χ4n) is 0.464. The van der Waals surface area contributed by atoms with Crippen LogP contribution in [0.1, 0.15) is 0 Å². The predicted molar refractivity (Wildman–Crippen MR) is 43.3 cm³/mol. The van der Waals surface area contributed by atoms with Crippen molar-refractivity contribution in [3.8, 4) is 0 Å². The van der Waals surface area contributed by atoms with Crippen molar-refractivity contribution >= 4 is 16.2 Å². The molecule has 0 saturated carbocycles. The Morgan fingerprint density at radius 3 is 2.09 bits per heavy atom. The predicted octanol–water partition coefficient (Wildman–Crippen LogP) is -1.67. The van der Waals surface area contributed by atoms with E-state index in [9.17, 15) is 8.42 Å². The summed E-state index contributed by atoms with van der Waals surface area (Å²) in [6, 6.07) is 0. The topological polar surface area (TPSA) is 87.8 Å². The molecular formula is C4H12N4O2S. The van der Waals surface area contributed by atoms with Crippen LogP contribution in [0.2, 0.25) is 0 Å². The molecule has 0 aromatic heterocycles. The van der Waals surface area contributed by atoms with Gasteiger partial charge < -0.3 is 4.90 Å². The highest BCUT2D eigenvalue weighted by Gasteiger charge is 2.06. The molecule has 0 aromatic carbocycles. The third kappa shape index (κ3) is 4.57. The Labute approximate surface area is 66.3 Å². The lowest BCUT2D eigenvalue weighted by Gasteiger charge is -2.14. The first kappa shape index (κ1) is 10.2. The Hall–Kier alpha value is -0.820. The second kappa shape index (κ2) is 3.54. The van der Waals surface area contributed by atoms with Gasteiger partial charge in [0, 0.05) is 21.1 Å². The Bertz CT molecular complexity index is 243. The van der Waals surface area contributed by atoms with Crippen LogP contribution in [0.25, 0.3) is 0 Å². The average Bonchev–Trinajstić information content (AvgIpc) is 1.80. The molecule has 7 heteroatoms. The van der Waals surface area contributed by atoms with E-state index in [1.54, 1.807) is 14.1 Å². The number of hydrogen-bond acceptors (Lipinski definition) is 3. The summed E-state index contributed by atoms with van der Waals surface area (Å²) >= 11 is 0. The van der Waals surface area contributed by atoms with Gasteiger partial charge in [-0.2, -0.15) is 8.42 Å². The van der Waals surface area contributed by atoms with E-state index in [1.807, 2.05) is 4.72 Å². The quantitative estimate of drug-likeness (QED) is 0.373. The third-order valence-electron chi connectivity index (χ3n) is 0.869. The van der Waals surface area contributed by atoms with Gasteiger partial charge in [0.2, 0.25) is 5.96 Å². The first-order valence-electron chi connectivity index (χ1n) is 2.81. The number of rotatable bonds is 1. The van der Waals surface area contributed by atoms with E-state index in [4.69, 9.17) is 5.14 Å². The zero-order valence-electron chi connectivity index (χ0n) is 6.70. The number of nitrogens with one attached hydrogen (secondary N) is 1. The smallest absolute Gasteiger partial charge is 0.298 e. The molecule has 0 saturated heterocycles. The van der Waals surface area contributed by atoms with Crippen LogP contribution in [-0.4, -0.2) is 40.4 Å². The van der Waals surface area contributed by atoms with Gasteiger partial charge in [-0.1, -0.05) is 0 Å². The highest BCUT2D eigenvalue weighted by molar-refractivity contribution is 7.87. The first-order chi connectivity index (χ1) is 4.87. The summed E-state index contributed by atoms with van der Waals surface area (Å²) in [4.78, 5) is 5.15. The Balaban J connectivity index is 4.37. The largest absolute Gasteiger partial charge is 0.348 e. The molecule has 66 valence electrons. The minimum atomic E-state index is -3.70. The molecule has 0 bridgehead atoms. The SMILES string of the molecule is CN=C(NS(N)(=O)=O)N(C)C. The van der Waals surface area contributed by atoms with E-state index in [2.05, 4.69) is 4.99 Å². The van der Waals surface area contributed by atoms with Gasteiger partial charge >= 0.3 is 0 Å². The van der Waals surface area contributed by atoms with Gasteiger partial charge in [-0.15, -0.1) is 0 Å². The first-order valence-corrected chi connectivity index (χ1v) is 4.36. The van der Waals surface area contributed by atoms with Gasteiger partial charge in [0.1, 0.15) is 0 Å². The molecule has 0 aliphatic heterocycles. The van der Waals surface area contributed by atoms with Crippen LogP contribution in [0, 0.1) is 0 Å². The maximum Gasteiger partial charge on any atom is 0.298 e. The minimum absolute atomic E-state index is 0.201. The van der Waals surface area contributed by atoms with Gasteiger partial charge in [-0.3, -0.25) is 4.99 Å². The molecule has 0 aromatic rings. The summed E-state index contributed by atoms with van der Waals surface area (Å²) in [6.07, 6.45) is 0. The Morgan fingerprint density at radius 1 is 1.55 bits per heavy atom. The monoisotopic (exact) mass is 180 g/mol.